The van der Waals surface area contributed by atoms with Crippen molar-refractivity contribution in [1.82, 2.24) is 0 Å². The van der Waals surface area contributed by atoms with Crippen LogP contribution in [-0.4, -0.2) is 0 Å². The van der Waals surface area contributed by atoms with Gasteiger partial charge in [0.2, 0.25) is 0 Å². The Bertz CT molecular complexity index is 144. The summed E-state index contributed by atoms with van der Waals surface area (Å²) in [6.45, 7) is 2.10. The summed E-state index contributed by atoms with van der Waals surface area (Å²) < 4.78 is 0. The van der Waals surface area contributed by atoms with Crippen LogP contribution in [0.1, 0.15) is 17.8 Å². The predicted octanol–water partition coefficient (Wildman–Crippen LogP) is 1.05. The number of quaternary nitrogens is 1. The third kappa shape index (κ3) is 1.08. The van der Waals surface area contributed by atoms with Crippen molar-refractivity contribution in [2.75, 3.05) is 0 Å². The molecule has 0 amide bonds. The average molecular weight is 128 g/mol. The highest BCUT2D eigenvalue weighted by atomic mass is 32.1. The Balaban J connectivity index is 2.77. The molecule has 0 bridgehead atoms. The van der Waals surface area contributed by atoms with Gasteiger partial charge in [0.05, 0.1) is 4.88 Å². The molecule has 0 spiro atoms. The van der Waals surface area contributed by atoms with Crippen molar-refractivity contribution >= 4 is 11.3 Å². The first-order valence-corrected chi connectivity index (χ1v) is 3.55. The van der Waals surface area contributed by atoms with Crippen LogP contribution < -0.4 is 5.73 Å². The van der Waals surface area contributed by atoms with Gasteiger partial charge in [-0.05, 0) is 18.4 Å². The number of rotatable bonds is 1. The van der Waals surface area contributed by atoms with Crippen LogP contribution in [0, 0.1) is 0 Å². The van der Waals surface area contributed by atoms with Gasteiger partial charge in [-0.2, -0.15) is 0 Å². The standard InChI is InChI=1S/C6H9NS/c1-5(7)6-3-2-4-8-6/h2-5H,7H2,1H3/p+1. The number of hydrogen-bond donors (Lipinski definition) is 1. The molecule has 1 unspecified atom stereocenters. The van der Waals surface area contributed by atoms with Gasteiger partial charge >= 0.3 is 0 Å². The zero-order valence-corrected chi connectivity index (χ0v) is 5.74. The van der Waals surface area contributed by atoms with Crippen LogP contribution in [-0.2, 0) is 0 Å². The van der Waals surface area contributed by atoms with Crippen molar-refractivity contribution in [2.24, 2.45) is 0 Å². The molecule has 0 aliphatic rings. The number of thiophene rings is 1. The Kier molecular flexibility index (Phi) is 1.65. The maximum atomic E-state index is 3.89. The van der Waals surface area contributed by atoms with Crippen LogP contribution in [0.2, 0.25) is 0 Å². The van der Waals surface area contributed by atoms with Gasteiger partial charge in [0, 0.05) is 0 Å². The summed E-state index contributed by atoms with van der Waals surface area (Å²) in [4.78, 5) is 1.37. The molecule has 44 valence electrons. The van der Waals surface area contributed by atoms with Crippen LogP contribution >= 0.6 is 11.3 Å². The first-order valence-electron chi connectivity index (χ1n) is 2.67. The van der Waals surface area contributed by atoms with Crippen LogP contribution in [0.15, 0.2) is 17.5 Å². The summed E-state index contributed by atoms with van der Waals surface area (Å²) in [5.41, 5.74) is 3.89. The van der Waals surface area contributed by atoms with E-state index in [-0.39, 0.29) is 0 Å². The van der Waals surface area contributed by atoms with Crippen LogP contribution in [0.5, 0.6) is 0 Å². The molecule has 1 rings (SSSR count). The maximum Gasteiger partial charge on any atom is 0.116 e. The summed E-state index contributed by atoms with van der Waals surface area (Å²) in [6, 6.07) is 4.62. The van der Waals surface area contributed by atoms with Crippen LogP contribution in [0.4, 0.5) is 0 Å². The lowest BCUT2D eigenvalue weighted by Gasteiger charge is -1.92. The second-order valence-electron chi connectivity index (χ2n) is 1.92. The van der Waals surface area contributed by atoms with Gasteiger partial charge in [-0.15, -0.1) is 11.3 Å². The van der Waals surface area contributed by atoms with Gasteiger partial charge in [-0.3, -0.25) is 0 Å². The summed E-state index contributed by atoms with van der Waals surface area (Å²) in [6.07, 6.45) is 0. The van der Waals surface area contributed by atoms with Crippen molar-refractivity contribution in [3.05, 3.63) is 22.4 Å². The smallest absolute Gasteiger partial charge is 0.116 e. The zero-order valence-electron chi connectivity index (χ0n) is 4.92. The van der Waals surface area contributed by atoms with Gasteiger partial charge in [-0.25, -0.2) is 0 Å². The molecule has 0 radical (unpaired) electrons. The predicted molar refractivity (Wildman–Crippen MR) is 35.6 cm³/mol. The van der Waals surface area contributed by atoms with Crippen molar-refractivity contribution in [3.8, 4) is 0 Å². The minimum Gasteiger partial charge on any atom is -0.351 e. The first kappa shape index (κ1) is 5.79. The van der Waals surface area contributed by atoms with E-state index < -0.39 is 0 Å². The van der Waals surface area contributed by atoms with E-state index in [1.54, 1.807) is 11.3 Å². The molecule has 2 heteroatoms. The van der Waals surface area contributed by atoms with E-state index in [0.29, 0.717) is 6.04 Å². The zero-order chi connectivity index (χ0) is 5.98. The SMILES string of the molecule is CC([NH3+])c1cccs1. The molecule has 1 atom stereocenters. The highest BCUT2D eigenvalue weighted by molar-refractivity contribution is 7.10. The average Bonchev–Trinajstić information content (AvgIpc) is 2.12. The minimum absolute atomic E-state index is 0.454. The lowest BCUT2D eigenvalue weighted by Crippen LogP contribution is -2.51. The van der Waals surface area contributed by atoms with E-state index in [2.05, 4.69) is 30.2 Å². The fraction of sp³-hybridized carbons (Fsp3) is 0.333. The van der Waals surface area contributed by atoms with E-state index in [0.717, 1.165) is 0 Å². The molecule has 0 aliphatic heterocycles. The van der Waals surface area contributed by atoms with Gasteiger partial charge in [0.1, 0.15) is 6.04 Å². The number of hydrogen-bond acceptors (Lipinski definition) is 1. The second kappa shape index (κ2) is 2.29. The summed E-state index contributed by atoms with van der Waals surface area (Å²) in [5, 5.41) is 2.08. The molecule has 0 aromatic carbocycles. The maximum absolute atomic E-state index is 3.89. The lowest BCUT2D eigenvalue weighted by atomic mass is 10.3. The Labute approximate surface area is 53.1 Å². The highest BCUT2D eigenvalue weighted by Gasteiger charge is 1.99. The second-order valence-corrected chi connectivity index (χ2v) is 2.90. The van der Waals surface area contributed by atoms with Gasteiger partial charge in [0.25, 0.3) is 0 Å². The molecule has 8 heavy (non-hydrogen) atoms. The Hall–Kier alpha value is -0.340. The largest absolute Gasteiger partial charge is 0.351 e. The molecule has 0 saturated heterocycles. The molecule has 3 N–H and O–H groups in total. The molecule has 0 saturated carbocycles. The molecular weight excluding hydrogens is 118 g/mol. The van der Waals surface area contributed by atoms with E-state index in [4.69, 9.17) is 0 Å². The molecule has 0 aliphatic carbocycles. The Morgan fingerprint density at radius 1 is 1.75 bits per heavy atom. The van der Waals surface area contributed by atoms with Crippen molar-refractivity contribution in [1.29, 1.82) is 0 Å². The summed E-state index contributed by atoms with van der Waals surface area (Å²) in [5.74, 6) is 0. The normalized spacial score (nSPS) is 13.8. The van der Waals surface area contributed by atoms with Gasteiger partial charge < -0.3 is 5.73 Å². The summed E-state index contributed by atoms with van der Waals surface area (Å²) >= 11 is 1.77. The fourth-order valence-corrected chi connectivity index (χ4v) is 1.28. The van der Waals surface area contributed by atoms with Crippen LogP contribution in [0.25, 0.3) is 0 Å². The van der Waals surface area contributed by atoms with Crippen LogP contribution in [0.3, 0.4) is 0 Å². The molecule has 1 aromatic heterocycles. The van der Waals surface area contributed by atoms with Gasteiger partial charge in [-0.1, -0.05) is 6.07 Å². The minimum atomic E-state index is 0.454. The highest BCUT2D eigenvalue weighted by Crippen LogP contribution is 2.13. The van der Waals surface area contributed by atoms with E-state index in [1.807, 2.05) is 0 Å². The van der Waals surface area contributed by atoms with E-state index >= 15 is 0 Å². The molecule has 1 aromatic rings. The Morgan fingerprint density at radius 3 is 2.75 bits per heavy atom. The fourth-order valence-electron chi connectivity index (χ4n) is 0.572. The quantitative estimate of drug-likeness (QED) is 0.585. The molecule has 1 nitrogen and oxygen atoms in total. The Morgan fingerprint density at radius 2 is 2.50 bits per heavy atom. The molecule has 0 fully saturated rings. The monoisotopic (exact) mass is 128 g/mol. The van der Waals surface area contributed by atoms with Gasteiger partial charge in [0.15, 0.2) is 0 Å². The van der Waals surface area contributed by atoms with E-state index in [1.165, 1.54) is 4.88 Å². The third-order valence-electron chi connectivity index (χ3n) is 1.03. The van der Waals surface area contributed by atoms with Crippen molar-refractivity contribution in [2.45, 2.75) is 13.0 Å². The van der Waals surface area contributed by atoms with Crippen molar-refractivity contribution in [3.63, 3.8) is 0 Å². The third-order valence-corrected chi connectivity index (χ3v) is 2.13. The molecular formula is C6H10NS+. The first-order chi connectivity index (χ1) is 3.80. The lowest BCUT2D eigenvalue weighted by molar-refractivity contribution is -0.419. The van der Waals surface area contributed by atoms with E-state index in [9.17, 15) is 0 Å². The van der Waals surface area contributed by atoms with Crippen molar-refractivity contribution < 1.29 is 5.73 Å². The topological polar surface area (TPSA) is 27.6 Å². The molecule has 1 heterocycles. The summed E-state index contributed by atoms with van der Waals surface area (Å²) in [7, 11) is 0.